The molecule has 190 valence electrons. The van der Waals surface area contributed by atoms with Crippen molar-refractivity contribution in [2.24, 2.45) is 0 Å². The van der Waals surface area contributed by atoms with Gasteiger partial charge in [0.2, 0.25) is 0 Å². The minimum Gasteiger partial charge on any atom is -0.350 e. The summed E-state index contributed by atoms with van der Waals surface area (Å²) in [6.45, 7) is 3.22. The molecule has 4 aromatic rings. The van der Waals surface area contributed by atoms with Gasteiger partial charge in [-0.25, -0.2) is 4.98 Å². The molecule has 14 heteroatoms. The second kappa shape index (κ2) is 9.85. The number of hydrogen-bond donors (Lipinski definition) is 4. The molecule has 0 fully saturated rings. The van der Waals surface area contributed by atoms with Gasteiger partial charge in [-0.05, 0) is 38.1 Å². The average Bonchev–Trinajstić information content (AvgIpc) is 3.27. The Balaban J connectivity index is 1.73. The van der Waals surface area contributed by atoms with Crippen molar-refractivity contribution < 1.29 is 18.0 Å². The Morgan fingerprint density at radius 3 is 2.57 bits per heavy atom. The molecule has 0 bridgehead atoms. The summed E-state index contributed by atoms with van der Waals surface area (Å²) in [7, 11) is 0. The van der Waals surface area contributed by atoms with Gasteiger partial charge in [0.1, 0.15) is 5.70 Å². The minimum absolute atomic E-state index is 0.0280. The number of rotatable bonds is 6. The first-order valence-corrected chi connectivity index (χ1v) is 10.9. The van der Waals surface area contributed by atoms with Crippen molar-refractivity contribution >= 4 is 45.9 Å². The number of aromatic nitrogens is 5. The summed E-state index contributed by atoms with van der Waals surface area (Å²) in [6, 6.07) is 6.89. The highest BCUT2D eigenvalue weighted by atomic mass is 35.5. The SMILES string of the molecule is Cc1cnn(-c2nc(C)c(NC(=O)/C(C=N)=C(/Nc3cccc4c(=O)[nH]ccc34)C(F)(F)F)cc2Cl)n1. The van der Waals surface area contributed by atoms with Crippen LogP contribution in [-0.4, -0.2) is 43.3 Å². The molecular formula is C23H18ClF3N8O2. The van der Waals surface area contributed by atoms with E-state index in [1.807, 2.05) is 0 Å². The Morgan fingerprint density at radius 2 is 1.92 bits per heavy atom. The normalized spacial score (nSPS) is 12.3. The van der Waals surface area contributed by atoms with E-state index in [2.05, 4.69) is 30.8 Å². The maximum Gasteiger partial charge on any atom is 0.432 e. The quantitative estimate of drug-likeness (QED) is 0.216. The number of aryl methyl sites for hydroxylation is 2. The van der Waals surface area contributed by atoms with Gasteiger partial charge >= 0.3 is 6.18 Å². The van der Waals surface area contributed by atoms with Gasteiger partial charge in [0.15, 0.2) is 5.82 Å². The number of alkyl halides is 3. The number of pyridine rings is 2. The fraction of sp³-hybridized carbons (Fsp3) is 0.130. The summed E-state index contributed by atoms with van der Waals surface area (Å²) in [5, 5.41) is 20.6. The maximum absolute atomic E-state index is 14.1. The zero-order valence-corrected chi connectivity index (χ0v) is 20.0. The van der Waals surface area contributed by atoms with Crippen LogP contribution in [0, 0.1) is 19.3 Å². The number of benzene rings is 1. The maximum atomic E-state index is 14.1. The van der Waals surface area contributed by atoms with Crippen molar-refractivity contribution in [3.05, 3.63) is 80.8 Å². The van der Waals surface area contributed by atoms with E-state index in [1.54, 1.807) is 6.92 Å². The number of anilines is 2. The molecule has 0 atom stereocenters. The lowest BCUT2D eigenvalue weighted by Crippen LogP contribution is -2.28. The first-order valence-electron chi connectivity index (χ1n) is 10.6. The van der Waals surface area contributed by atoms with Crippen LogP contribution in [0.4, 0.5) is 24.5 Å². The summed E-state index contributed by atoms with van der Waals surface area (Å²) in [5.74, 6) is -1.06. The highest BCUT2D eigenvalue weighted by molar-refractivity contribution is 6.32. The van der Waals surface area contributed by atoms with Crippen LogP contribution in [0.25, 0.3) is 16.6 Å². The number of nitrogens with zero attached hydrogens (tertiary/aromatic N) is 4. The standard InChI is InChI=1S/C23H18ClF3N8O2/c1-11-10-30-35(34-11)20-16(24)8-18(12(2)31-20)33-22(37)15(9-28)19(23(25,26)27)32-17-5-3-4-14-13(17)6-7-29-21(14)36/h3-10,28,32H,1-2H3,(H,29,36)(H,33,37)/b19-15+,28-9?. The number of allylic oxidation sites excluding steroid dienone is 1. The van der Waals surface area contributed by atoms with Gasteiger partial charge in [-0.15, -0.1) is 4.80 Å². The zero-order valence-electron chi connectivity index (χ0n) is 19.2. The summed E-state index contributed by atoms with van der Waals surface area (Å²) >= 11 is 6.26. The molecule has 1 amide bonds. The lowest BCUT2D eigenvalue weighted by molar-refractivity contribution is -0.114. The molecule has 1 aromatic carbocycles. The fourth-order valence-electron chi connectivity index (χ4n) is 3.47. The Kier molecular flexibility index (Phi) is 6.81. The second-order valence-corrected chi connectivity index (χ2v) is 8.19. The number of fused-ring (bicyclic) bond motifs is 1. The summed E-state index contributed by atoms with van der Waals surface area (Å²) in [6.07, 6.45) is -1.98. The van der Waals surface area contributed by atoms with Crippen LogP contribution in [0.3, 0.4) is 0 Å². The van der Waals surface area contributed by atoms with Crippen LogP contribution < -0.4 is 16.2 Å². The molecule has 37 heavy (non-hydrogen) atoms. The lowest BCUT2D eigenvalue weighted by atomic mass is 10.1. The average molecular weight is 531 g/mol. The molecule has 0 aliphatic rings. The first-order chi connectivity index (χ1) is 17.5. The largest absolute Gasteiger partial charge is 0.432 e. The third kappa shape index (κ3) is 5.21. The van der Waals surface area contributed by atoms with E-state index in [0.29, 0.717) is 5.69 Å². The molecule has 0 saturated heterocycles. The number of aromatic amines is 1. The Labute approximate surface area is 211 Å². The van der Waals surface area contributed by atoms with Crippen LogP contribution in [-0.2, 0) is 4.79 Å². The fourth-order valence-corrected chi connectivity index (χ4v) is 3.70. The first kappa shape index (κ1) is 25.6. The predicted octanol–water partition coefficient (Wildman–Crippen LogP) is 4.29. The monoisotopic (exact) mass is 530 g/mol. The molecule has 3 aromatic heterocycles. The van der Waals surface area contributed by atoms with E-state index < -0.39 is 28.9 Å². The molecule has 0 radical (unpaired) electrons. The zero-order chi connectivity index (χ0) is 26.9. The molecule has 0 saturated carbocycles. The highest BCUT2D eigenvalue weighted by Crippen LogP contribution is 2.32. The number of halogens is 4. The van der Waals surface area contributed by atoms with Gasteiger partial charge in [-0.2, -0.15) is 23.4 Å². The molecule has 4 N–H and O–H groups in total. The van der Waals surface area contributed by atoms with Crippen molar-refractivity contribution in [2.75, 3.05) is 10.6 Å². The van der Waals surface area contributed by atoms with E-state index >= 15 is 0 Å². The van der Waals surface area contributed by atoms with E-state index in [0.717, 1.165) is 0 Å². The van der Waals surface area contributed by atoms with Crippen molar-refractivity contribution in [3.63, 3.8) is 0 Å². The number of carbonyl (C=O) groups excluding carboxylic acids is 1. The topological polar surface area (TPSA) is 141 Å². The Morgan fingerprint density at radius 1 is 1.16 bits per heavy atom. The molecule has 0 aliphatic heterocycles. The summed E-state index contributed by atoms with van der Waals surface area (Å²) < 4.78 is 42.3. The Bertz CT molecular complexity index is 1620. The number of amides is 1. The number of H-pyrrole nitrogens is 1. The van der Waals surface area contributed by atoms with E-state index in [-0.39, 0.29) is 44.9 Å². The minimum atomic E-state index is -5.05. The summed E-state index contributed by atoms with van der Waals surface area (Å²) in [4.78, 5) is 32.9. The smallest absolute Gasteiger partial charge is 0.350 e. The molecule has 0 spiro atoms. The van der Waals surface area contributed by atoms with E-state index in [1.165, 1.54) is 54.4 Å². The number of hydrogen-bond acceptors (Lipinski definition) is 7. The molecule has 0 aliphatic carbocycles. The second-order valence-electron chi connectivity index (χ2n) is 7.79. The highest BCUT2D eigenvalue weighted by Gasteiger charge is 2.38. The van der Waals surface area contributed by atoms with Crippen molar-refractivity contribution in [1.29, 1.82) is 5.41 Å². The van der Waals surface area contributed by atoms with Gasteiger partial charge in [0.05, 0.1) is 33.9 Å². The van der Waals surface area contributed by atoms with Gasteiger partial charge < -0.3 is 21.0 Å². The van der Waals surface area contributed by atoms with Crippen molar-refractivity contribution in [3.8, 4) is 5.82 Å². The molecule has 3 heterocycles. The van der Waals surface area contributed by atoms with Gasteiger partial charge in [0, 0.05) is 28.9 Å². The van der Waals surface area contributed by atoms with Crippen LogP contribution in [0.2, 0.25) is 5.02 Å². The third-order valence-electron chi connectivity index (χ3n) is 5.21. The Hall–Kier alpha value is -4.52. The van der Waals surface area contributed by atoms with E-state index in [4.69, 9.17) is 17.0 Å². The van der Waals surface area contributed by atoms with Gasteiger partial charge in [0.25, 0.3) is 11.5 Å². The molecule has 4 rings (SSSR count). The third-order valence-corrected chi connectivity index (χ3v) is 5.49. The van der Waals surface area contributed by atoms with E-state index in [9.17, 15) is 22.8 Å². The van der Waals surface area contributed by atoms with Gasteiger partial charge in [-0.3, -0.25) is 9.59 Å². The van der Waals surface area contributed by atoms with Crippen LogP contribution in [0.1, 0.15) is 11.4 Å². The molecule has 0 unspecified atom stereocenters. The van der Waals surface area contributed by atoms with Crippen LogP contribution in [0.15, 0.2) is 58.8 Å². The van der Waals surface area contributed by atoms with Crippen molar-refractivity contribution in [1.82, 2.24) is 25.0 Å². The number of carbonyl (C=O) groups is 1. The van der Waals surface area contributed by atoms with Crippen LogP contribution >= 0.6 is 11.6 Å². The van der Waals surface area contributed by atoms with Gasteiger partial charge in [-0.1, -0.05) is 17.7 Å². The predicted molar refractivity (Wildman–Crippen MR) is 132 cm³/mol. The van der Waals surface area contributed by atoms with Crippen LogP contribution in [0.5, 0.6) is 0 Å². The summed E-state index contributed by atoms with van der Waals surface area (Å²) in [5.41, 5.74) is -2.20. The molecule has 10 nitrogen and oxygen atoms in total. The number of nitrogens with one attached hydrogen (secondary N) is 4. The lowest BCUT2D eigenvalue weighted by Gasteiger charge is -2.19. The molecular weight excluding hydrogens is 513 g/mol. The van der Waals surface area contributed by atoms with Crippen molar-refractivity contribution in [2.45, 2.75) is 20.0 Å².